The molecule has 2 heteroatoms. The molecule has 4 aliphatic rings. The third kappa shape index (κ3) is 3.79. The van der Waals surface area contributed by atoms with Crippen LogP contribution in [-0.4, -0.2) is 10.6 Å². The smallest absolute Gasteiger partial charge is 0.0626 e. The van der Waals surface area contributed by atoms with Gasteiger partial charge in [-0.2, -0.15) is 0 Å². The van der Waals surface area contributed by atoms with Gasteiger partial charge in [-0.1, -0.05) is 129 Å². The molecule has 0 saturated heterocycles. The summed E-state index contributed by atoms with van der Waals surface area (Å²) in [6.45, 7) is 4.79. The molecule has 2 heterocycles. The van der Waals surface area contributed by atoms with Crippen molar-refractivity contribution in [2.75, 3.05) is 4.90 Å². The number of nitrogens with zero attached hydrogens (tertiary/aromatic N) is 2. The van der Waals surface area contributed by atoms with Crippen LogP contribution in [0, 0.1) is 0 Å². The molecule has 10 rings (SSSR count). The van der Waals surface area contributed by atoms with Gasteiger partial charge in [0.1, 0.15) is 0 Å². The standard InChI is InChI=1S/C45H36N2/c1-45(2)39-17-9-6-14-33(39)36-28-32(22-23-40(36)45)47-42-19-11-8-16-35(42)38-27-30(21-25-44(38)47)29-20-24-43-37(26-29)34-15-7-10-18-41(34)46(43)31-12-4-3-5-13-31/h3-27,36,38,44H,28H2,1-2H3. The summed E-state index contributed by atoms with van der Waals surface area (Å²) in [5.41, 5.74) is 15.0. The molecule has 0 spiro atoms. The molecule has 1 aliphatic heterocycles. The number of anilines is 1. The summed E-state index contributed by atoms with van der Waals surface area (Å²) in [6.07, 6.45) is 13.3. The number of fused-ring (bicyclic) bond motifs is 9. The highest BCUT2D eigenvalue weighted by atomic mass is 15.2. The van der Waals surface area contributed by atoms with E-state index in [2.05, 4.69) is 175 Å². The number of hydrogen-bond acceptors (Lipinski definition) is 1. The van der Waals surface area contributed by atoms with Gasteiger partial charge in [0.25, 0.3) is 0 Å². The minimum absolute atomic E-state index is 0.0750. The molecule has 3 aliphatic carbocycles. The molecule has 5 aromatic carbocycles. The first-order valence-electron chi connectivity index (χ1n) is 17.0. The van der Waals surface area contributed by atoms with Crippen LogP contribution in [0.5, 0.6) is 0 Å². The number of benzene rings is 5. The lowest BCUT2D eigenvalue weighted by atomic mass is 9.78. The second-order valence-electron chi connectivity index (χ2n) is 14.1. The molecular formula is C45H36N2. The first kappa shape index (κ1) is 26.8. The van der Waals surface area contributed by atoms with Gasteiger partial charge in [0.2, 0.25) is 0 Å². The Labute approximate surface area is 276 Å². The Morgan fingerprint density at radius 3 is 2.32 bits per heavy atom. The first-order chi connectivity index (χ1) is 23.1. The quantitative estimate of drug-likeness (QED) is 0.195. The number of para-hydroxylation sites is 3. The molecule has 0 bridgehead atoms. The lowest BCUT2D eigenvalue weighted by Crippen LogP contribution is -2.34. The van der Waals surface area contributed by atoms with Crippen LogP contribution in [0.2, 0.25) is 0 Å². The maximum absolute atomic E-state index is 2.64. The maximum Gasteiger partial charge on any atom is 0.0626 e. The van der Waals surface area contributed by atoms with E-state index in [-0.39, 0.29) is 11.5 Å². The molecule has 0 radical (unpaired) electrons. The average Bonchev–Trinajstić information content (AvgIpc) is 3.71. The van der Waals surface area contributed by atoms with Gasteiger partial charge in [0, 0.05) is 45.1 Å². The highest BCUT2D eigenvalue weighted by Crippen LogP contribution is 2.56. The Morgan fingerprint density at radius 1 is 0.681 bits per heavy atom. The highest BCUT2D eigenvalue weighted by molar-refractivity contribution is 6.10. The number of hydrogen-bond donors (Lipinski definition) is 0. The summed E-state index contributed by atoms with van der Waals surface area (Å²) in [5.74, 6) is 0.738. The number of aromatic nitrogens is 1. The van der Waals surface area contributed by atoms with Crippen molar-refractivity contribution in [2.24, 2.45) is 0 Å². The van der Waals surface area contributed by atoms with E-state index in [1.165, 1.54) is 66.7 Å². The van der Waals surface area contributed by atoms with Gasteiger partial charge in [0.05, 0.1) is 17.1 Å². The molecule has 0 N–H and O–H groups in total. The van der Waals surface area contributed by atoms with Gasteiger partial charge in [-0.3, -0.25) is 0 Å². The zero-order chi connectivity index (χ0) is 31.3. The predicted molar refractivity (Wildman–Crippen MR) is 196 cm³/mol. The Morgan fingerprint density at radius 2 is 1.43 bits per heavy atom. The van der Waals surface area contributed by atoms with Gasteiger partial charge in [0.15, 0.2) is 0 Å². The minimum atomic E-state index is 0.0750. The molecule has 0 fully saturated rings. The molecular weight excluding hydrogens is 569 g/mol. The molecule has 1 aromatic heterocycles. The highest BCUT2D eigenvalue weighted by Gasteiger charge is 2.45. The summed E-state index contributed by atoms with van der Waals surface area (Å²) in [6, 6.07) is 45.0. The molecule has 47 heavy (non-hydrogen) atoms. The van der Waals surface area contributed by atoms with Crippen LogP contribution >= 0.6 is 0 Å². The normalized spacial score (nSPS) is 22.0. The summed E-state index contributed by atoms with van der Waals surface area (Å²) in [4.78, 5) is 2.64. The second kappa shape index (κ2) is 9.83. The minimum Gasteiger partial charge on any atom is -0.337 e. The van der Waals surface area contributed by atoms with Crippen molar-refractivity contribution < 1.29 is 0 Å². The third-order valence-electron chi connectivity index (χ3n) is 11.4. The summed E-state index contributed by atoms with van der Waals surface area (Å²) in [7, 11) is 0. The fourth-order valence-corrected chi connectivity index (χ4v) is 9.20. The van der Waals surface area contributed by atoms with Crippen molar-refractivity contribution in [3.05, 3.63) is 185 Å². The van der Waals surface area contributed by atoms with Crippen molar-refractivity contribution in [1.29, 1.82) is 0 Å². The van der Waals surface area contributed by atoms with Crippen LogP contribution in [0.4, 0.5) is 5.69 Å². The van der Waals surface area contributed by atoms with E-state index in [1.54, 1.807) is 5.57 Å². The van der Waals surface area contributed by atoms with E-state index >= 15 is 0 Å². The Kier molecular flexibility index (Phi) is 5.61. The Bertz CT molecular complexity index is 2380. The molecule has 6 aromatic rings. The Hall–Kier alpha value is -5.34. The Balaban J connectivity index is 1.05. The van der Waals surface area contributed by atoms with E-state index in [9.17, 15) is 0 Å². The topological polar surface area (TPSA) is 8.17 Å². The average molecular weight is 605 g/mol. The van der Waals surface area contributed by atoms with Crippen LogP contribution in [0.15, 0.2) is 163 Å². The third-order valence-corrected chi connectivity index (χ3v) is 11.4. The van der Waals surface area contributed by atoms with Gasteiger partial charge in [-0.25, -0.2) is 0 Å². The molecule has 3 atom stereocenters. The predicted octanol–water partition coefficient (Wildman–Crippen LogP) is 11.0. The molecule has 2 nitrogen and oxygen atoms in total. The van der Waals surface area contributed by atoms with Crippen molar-refractivity contribution in [3.8, 4) is 5.69 Å². The van der Waals surface area contributed by atoms with Gasteiger partial charge in [-0.05, 0) is 76.7 Å². The lowest BCUT2D eigenvalue weighted by molar-refractivity contribution is 0.597. The van der Waals surface area contributed by atoms with Crippen molar-refractivity contribution >= 4 is 33.1 Å². The van der Waals surface area contributed by atoms with Crippen molar-refractivity contribution in [3.63, 3.8) is 0 Å². The van der Waals surface area contributed by atoms with Crippen molar-refractivity contribution in [1.82, 2.24) is 4.57 Å². The fourth-order valence-electron chi connectivity index (χ4n) is 9.20. The fraction of sp³-hybridized carbons (Fsp3) is 0.156. The zero-order valence-corrected chi connectivity index (χ0v) is 26.8. The van der Waals surface area contributed by atoms with Crippen LogP contribution in [0.25, 0.3) is 33.1 Å². The zero-order valence-electron chi connectivity index (χ0n) is 26.8. The summed E-state index contributed by atoms with van der Waals surface area (Å²) >= 11 is 0. The molecule has 0 saturated carbocycles. The first-order valence-corrected chi connectivity index (χ1v) is 17.0. The van der Waals surface area contributed by atoms with E-state index in [0.29, 0.717) is 11.8 Å². The van der Waals surface area contributed by atoms with E-state index in [0.717, 1.165) is 6.42 Å². The molecule has 226 valence electrons. The van der Waals surface area contributed by atoms with Gasteiger partial charge < -0.3 is 9.47 Å². The van der Waals surface area contributed by atoms with E-state index < -0.39 is 0 Å². The maximum atomic E-state index is 2.64. The SMILES string of the molecule is CC1(C)C2=CC=C(N3c4ccccc4C4C=C(c5ccc6c(c5)c5ccccc5n6-c5ccccc5)C=CC43)CC2c2ccccc21. The summed E-state index contributed by atoms with van der Waals surface area (Å²) < 4.78 is 2.39. The molecule has 3 unspecified atom stereocenters. The largest absolute Gasteiger partial charge is 0.337 e. The number of rotatable bonds is 3. The van der Waals surface area contributed by atoms with Crippen LogP contribution in [0.3, 0.4) is 0 Å². The van der Waals surface area contributed by atoms with Crippen LogP contribution in [0.1, 0.15) is 54.4 Å². The van der Waals surface area contributed by atoms with Gasteiger partial charge in [-0.15, -0.1) is 0 Å². The molecule has 0 amide bonds. The number of allylic oxidation sites excluding steroid dienone is 6. The van der Waals surface area contributed by atoms with E-state index in [4.69, 9.17) is 0 Å². The monoisotopic (exact) mass is 604 g/mol. The second-order valence-corrected chi connectivity index (χ2v) is 14.1. The van der Waals surface area contributed by atoms with Crippen LogP contribution < -0.4 is 4.90 Å². The van der Waals surface area contributed by atoms with Crippen molar-refractivity contribution in [2.45, 2.75) is 43.6 Å². The van der Waals surface area contributed by atoms with Gasteiger partial charge >= 0.3 is 0 Å². The van der Waals surface area contributed by atoms with Crippen LogP contribution in [-0.2, 0) is 5.41 Å². The lowest BCUT2D eigenvalue weighted by Gasteiger charge is -2.35. The summed E-state index contributed by atoms with van der Waals surface area (Å²) in [5, 5.41) is 2.58. The van der Waals surface area contributed by atoms with E-state index in [1.807, 2.05) is 0 Å².